The van der Waals surface area contributed by atoms with Crippen LogP contribution in [0.3, 0.4) is 0 Å². The zero-order chi connectivity index (χ0) is 31.4. The minimum Gasteiger partial charge on any atom is -0.462 e. The van der Waals surface area contributed by atoms with E-state index >= 15 is 0 Å². The minimum atomic E-state index is -4.15. The van der Waals surface area contributed by atoms with Crippen molar-refractivity contribution in [2.24, 2.45) is 0 Å². The first-order valence-electron chi connectivity index (χ1n) is 14.6. The van der Waals surface area contributed by atoms with Crippen LogP contribution in [-0.4, -0.2) is 45.4 Å². The summed E-state index contributed by atoms with van der Waals surface area (Å²) in [7, 11) is -4.15. The van der Waals surface area contributed by atoms with Crippen molar-refractivity contribution in [3.63, 3.8) is 0 Å². The summed E-state index contributed by atoms with van der Waals surface area (Å²) in [6.07, 6.45) is -1.03. The Bertz CT molecular complexity index is 1840. The van der Waals surface area contributed by atoms with Gasteiger partial charge in [0.25, 0.3) is 0 Å². The molecule has 0 bridgehead atoms. The highest BCUT2D eigenvalue weighted by Crippen LogP contribution is 2.47. The van der Waals surface area contributed by atoms with Gasteiger partial charge in [-0.2, -0.15) is 5.09 Å². The summed E-state index contributed by atoms with van der Waals surface area (Å²) in [5.74, 6) is 0.668. The second-order valence-corrected chi connectivity index (χ2v) is 12.5. The smallest absolute Gasteiger partial charge is 0.459 e. The average Bonchev–Trinajstić information content (AvgIpc) is 3.34. The monoisotopic (exact) mass is 619 g/mol. The van der Waals surface area contributed by atoms with E-state index in [1.54, 1.807) is 39.8 Å². The summed E-state index contributed by atoms with van der Waals surface area (Å²) in [5, 5.41) is 5.55. The van der Waals surface area contributed by atoms with Crippen molar-refractivity contribution in [2.45, 2.75) is 66.0 Å². The lowest BCUT2D eigenvalue weighted by molar-refractivity contribution is -0.149. The lowest BCUT2D eigenvalue weighted by Gasteiger charge is -2.26. The second kappa shape index (κ2) is 13.3. The fourth-order valence-electron chi connectivity index (χ4n) is 5.00. The number of esters is 1. The largest absolute Gasteiger partial charge is 0.462 e. The molecule has 2 heterocycles. The van der Waals surface area contributed by atoms with Crippen LogP contribution in [0, 0.1) is 0 Å². The molecule has 0 amide bonds. The first kappa shape index (κ1) is 31.4. The Labute approximate surface area is 256 Å². The highest BCUT2D eigenvalue weighted by atomic mass is 31.2. The summed E-state index contributed by atoms with van der Waals surface area (Å²) in [4.78, 5) is 22.0. The van der Waals surface area contributed by atoms with Crippen molar-refractivity contribution in [1.82, 2.24) is 19.6 Å². The number of ether oxygens (including phenoxy) is 2. The Morgan fingerprint density at radius 2 is 1.73 bits per heavy atom. The molecule has 0 saturated carbocycles. The summed E-state index contributed by atoms with van der Waals surface area (Å²) in [5.41, 5.74) is 8.37. The number of aromatic nitrogens is 3. The number of benzene rings is 3. The number of hydrogen-bond donors (Lipinski definition) is 2. The molecule has 44 heavy (non-hydrogen) atoms. The van der Waals surface area contributed by atoms with Gasteiger partial charge >= 0.3 is 13.7 Å². The zero-order valence-electron chi connectivity index (χ0n) is 25.5. The van der Waals surface area contributed by atoms with E-state index in [0.717, 1.165) is 27.2 Å². The number of imidazole rings is 1. The highest BCUT2D eigenvalue weighted by Gasteiger charge is 2.35. The molecule has 12 heteroatoms. The molecule has 3 N–H and O–H groups in total. The molecule has 3 atom stereocenters. The minimum absolute atomic E-state index is 0.226. The molecule has 0 aliphatic carbocycles. The van der Waals surface area contributed by atoms with Crippen LogP contribution in [0.5, 0.6) is 5.75 Å². The fraction of sp³-hybridized carbons (Fsp3) is 0.344. The molecule has 0 spiro atoms. The van der Waals surface area contributed by atoms with Crippen LogP contribution in [0.15, 0.2) is 66.7 Å². The van der Waals surface area contributed by atoms with Gasteiger partial charge < -0.3 is 24.3 Å². The Morgan fingerprint density at radius 1 is 1.00 bits per heavy atom. The van der Waals surface area contributed by atoms with E-state index < -0.39 is 25.9 Å². The molecule has 11 nitrogen and oxygen atoms in total. The molecular weight excluding hydrogens is 581 g/mol. The summed E-state index contributed by atoms with van der Waals surface area (Å²) < 4.78 is 39.6. The maximum atomic E-state index is 14.4. The van der Waals surface area contributed by atoms with Gasteiger partial charge in [-0.15, -0.1) is 0 Å². The van der Waals surface area contributed by atoms with E-state index in [9.17, 15) is 9.36 Å². The number of carbonyl (C=O) groups is 1. The Hall–Kier alpha value is -4.02. The third-order valence-electron chi connectivity index (χ3n) is 6.89. The third kappa shape index (κ3) is 7.03. The lowest BCUT2D eigenvalue weighted by Crippen LogP contribution is -2.37. The van der Waals surface area contributed by atoms with E-state index in [1.807, 2.05) is 66.1 Å². The number of rotatable bonds is 13. The molecule has 2 aromatic heterocycles. The van der Waals surface area contributed by atoms with E-state index in [2.05, 4.69) is 10.1 Å². The maximum absolute atomic E-state index is 14.4. The third-order valence-corrected chi connectivity index (χ3v) is 8.68. The number of nitrogens with two attached hydrogens (primary N) is 1. The van der Waals surface area contributed by atoms with Gasteiger partial charge in [-0.3, -0.25) is 9.32 Å². The molecule has 0 aliphatic heterocycles. The molecule has 0 unspecified atom stereocenters. The Kier molecular flexibility index (Phi) is 9.51. The predicted octanol–water partition coefficient (Wildman–Crippen LogP) is 6.38. The number of nitrogen functional groups attached to an aromatic ring is 1. The molecule has 232 valence electrons. The number of anilines is 1. The number of para-hydroxylation sites is 1. The van der Waals surface area contributed by atoms with Gasteiger partial charge in [-0.1, -0.05) is 48.5 Å². The van der Waals surface area contributed by atoms with E-state index in [1.165, 1.54) is 0 Å². The van der Waals surface area contributed by atoms with Gasteiger partial charge in [0.2, 0.25) is 0 Å². The van der Waals surface area contributed by atoms with Gasteiger partial charge in [0.05, 0.1) is 29.8 Å². The molecule has 5 aromatic rings. The van der Waals surface area contributed by atoms with E-state index in [4.69, 9.17) is 29.2 Å². The summed E-state index contributed by atoms with van der Waals surface area (Å²) in [6, 6.07) is 19.8. The predicted molar refractivity (Wildman–Crippen MR) is 171 cm³/mol. The average molecular weight is 620 g/mol. The van der Waals surface area contributed by atoms with Gasteiger partial charge in [-0.05, 0) is 63.6 Å². The van der Waals surface area contributed by atoms with Crippen LogP contribution in [0.1, 0.15) is 40.4 Å². The van der Waals surface area contributed by atoms with Crippen molar-refractivity contribution in [3.05, 3.63) is 72.6 Å². The Morgan fingerprint density at radius 3 is 2.48 bits per heavy atom. The van der Waals surface area contributed by atoms with Crippen LogP contribution in [-0.2, 0) is 36.5 Å². The van der Waals surface area contributed by atoms with Crippen molar-refractivity contribution in [3.8, 4) is 5.75 Å². The van der Waals surface area contributed by atoms with Crippen LogP contribution < -0.4 is 15.3 Å². The number of nitrogens with one attached hydrogen (secondary N) is 1. The van der Waals surface area contributed by atoms with Gasteiger partial charge in [0, 0.05) is 12.0 Å². The zero-order valence-corrected chi connectivity index (χ0v) is 26.4. The second-order valence-electron chi connectivity index (χ2n) is 10.8. The van der Waals surface area contributed by atoms with Crippen LogP contribution >= 0.6 is 7.75 Å². The number of nitrogens with zero attached hydrogens (tertiary/aromatic N) is 3. The fourth-order valence-corrected chi connectivity index (χ4v) is 6.67. The summed E-state index contributed by atoms with van der Waals surface area (Å²) >= 11 is 0. The van der Waals surface area contributed by atoms with E-state index in [0.29, 0.717) is 29.5 Å². The quantitative estimate of drug-likeness (QED) is 0.113. The highest BCUT2D eigenvalue weighted by molar-refractivity contribution is 7.52. The Balaban J connectivity index is 1.49. The lowest BCUT2D eigenvalue weighted by atomic mass is 10.1. The van der Waals surface area contributed by atoms with Crippen molar-refractivity contribution >= 4 is 52.2 Å². The van der Waals surface area contributed by atoms with Crippen molar-refractivity contribution in [1.29, 1.82) is 0 Å². The van der Waals surface area contributed by atoms with Crippen LogP contribution in [0.25, 0.3) is 32.7 Å². The first-order valence-corrected chi connectivity index (χ1v) is 16.2. The standard InChI is InChI=1S/C32H38N5O6P/c1-6-40-19-28-35-29-30(26-13-9-10-14-27(26)34-31(29)33)37(28)18-21(4)42-44(39,36-22(5)32(38)41-20(2)3)43-25-16-15-23-11-7-8-12-24(23)17-25/h7-17,20-22H,6,18-19H2,1-5H3,(H2,33,34)(H,36,39)/t21-,22-,44-/m0/s1. The van der Waals surface area contributed by atoms with Crippen molar-refractivity contribution in [2.75, 3.05) is 12.3 Å². The number of fused-ring (bicyclic) bond motifs is 4. The normalized spacial score (nSPS) is 14.6. The van der Waals surface area contributed by atoms with Crippen LogP contribution in [0.2, 0.25) is 0 Å². The topological polar surface area (TPSA) is 140 Å². The number of hydrogen-bond acceptors (Lipinski definition) is 9. The first-order chi connectivity index (χ1) is 21.1. The van der Waals surface area contributed by atoms with Gasteiger partial charge in [0.1, 0.15) is 29.7 Å². The van der Waals surface area contributed by atoms with Gasteiger partial charge in [-0.25, -0.2) is 14.5 Å². The SMILES string of the molecule is CCOCc1nc2c(N)nc3ccccc3c2n1C[C@H](C)O[P@@](=O)(N[C@@H](C)C(=O)OC(C)C)Oc1ccc2ccccc2c1. The van der Waals surface area contributed by atoms with Crippen LogP contribution in [0.4, 0.5) is 5.82 Å². The van der Waals surface area contributed by atoms with E-state index in [-0.39, 0.29) is 19.3 Å². The number of pyridine rings is 1. The molecule has 0 aliphatic rings. The molecule has 0 saturated heterocycles. The number of carbonyl (C=O) groups excluding carboxylic acids is 1. The molecule has 0 radical (unpaired) electrons. The van der Waals surface area contributed by atoms with Crippen molar-refractivity contribution < 1.29 is 27.9 Å². The molecule has 0 fully saturated rings. The molecule has 3 aromatic carbocycles. The molecule has 5 rings (SSSR count). The summed E-state index contributed by atoms with van der Waals surface area (Å²) in [6.45, 7) is 9.68. The van der Waals surface area contributed by atoms with Gasteiger partial charge in [0.15, 0.2) is 5.82 Å². The molecular formula is C32H38N5O6P. The maximum Gasteiger partial charge on any atom is 0.459 e.